The zero-order valence-electron chi connectivity index (χ0n) is 24.8. The van der Waals surface area contributed by atoms with Gasteiger partial charge in [-0.15, -0.1) is 0 Å². The van der Waals surface area contributed by atoms with Gasteiger partial charge in [-0.3, -0.25) is 19.3 Å². The molecule has 10 nitrogen and oxygen atoms in total. The number of amides is 3. The van der Waals surface area contributed by atoms with Gasteiger partial charge in [-0.25, -0.2) is 0 Å². The number of unbranched alkanes of at least 4 members (excludes halogenated alkanes) is 1. The third kappa shape index (κ3) is 7.11. The molecule has 2 heterocycles. The molecule has 4 rings (SSSR count). The third-order valence-electron chi connectivity index (χ3n) is 8.28. The molecule has 2 unspecified atom stereocenters. The van der Waals surface area contributed by atoms with Gasteiger partial charge in [0.25, 0.3) is 5.91 Å². The summed E-state index contributed by atoms with van der Waals surface area (Å²) in [6.45, 7) is 8.46. The fourth-order valence-electron chi connectivity index (χ4n) is 5.68. The van der Waals surface area contributed by atoms with Crippen LogP contribution in [0.25, 0.3) is 0 Å². The lowest BCUT2D eigenvalue weighted by Crippen LogP contribution is -2.74. The Morgan fingerprint density at radius 2 is 1.69 bits per heavy atom. The highest BCUT2D eigenvalue weighted by Crippen LogP contribution is 2.35. The van der Waals surface area contributed by atoms with Gasteiger partial charge in [0.15, 0.2) is 0 Å². The summed E-state index contributed by atoms with van der Waals surface area (Å²) in [5, 5.41) is 25.0. The molecule has 2 saturated heterocycles. The Morgan fingerprint density at radius 1 is 1.07 bits per heavy atom. The second kappa shape index (κ2) is 14.1. The van der Waals surface area contributed by atoms with Gasteiger partial charge in [0.1, 0.15) is 23.1 Å². The number of piperidine rings is 1. The van der Waals surface area contributed by atoms with E-state index in [9.17, 15) is 19.5 Å². The van der Waals surface area contributed by atoms with E-state index in [2.05, 4.69) is 22.5 Å². The summed E-state index contributed by atoms with van der Waals surface area (Å²) < 4.78 is 5.94. The predicted octanol–water partition coefficient (Wildman–Crippen LogP) is 2.68. The minimum Gasteiger partial charge on any atom is -0.457 e. The molecule has 3 amide bonds. The number of nitrogens with one attached hydrogen (secondary N) is 2. The van der Waals surface area contributed by atoms with Gasteiger partial charge in [0.2, 0.25) is 11.8 Å². The molecule has 0 saturated carbocycles. The normalized spacial score (nSPS) is 19.6. The van der Waals surface area contributed by atoms with Gasteiger partial charge >= 0.3 is 0 Å². The van der Waals surface area contributed by atoms with E-state index in [1.807, 2.05) is 38.1 Å². The van der Waals surface area contributed by atoms with Crippen LogP contribution in [0.1, 0.15) is 62.4 Å². The highest BCUT2D eigenvalue weighted by Gasteiger charge is 2.54. The molecule has 2 aromatic carbocycles. The highest BCUT2D eigenvalue weighted by atomic mass is 16.5. The summed E-state index contributed by atoms with van der Waals surface area (Å²) in [6.07, 6.45) is 1.91. The Hall–Kier alpha value is -3.47. The zero-order valence-corrected chi connectivity index (χ0v) is 24.8. The minimum absolute atomic E-state index is 0.109. The molecule has 228 valence electrons. The molecular formula is C32H44N4O6. The summed E-state index contributed by atoms with van der Waals surface area (Å²) in [5.74, 6) is 0.573. The first kappa shape index (κ1) is 31.5. The van der Waals surface area contributed by atoms with Gasteiger partial charge in [-0.05, 0) is 67.1 Å². The molecule has 2 aromatic rings. The smallest absolute Gasteiger partial charge is 0.251 e. The molecule has 2 fully saturated rings. The number of aliphatic hydroxyl groups is 2. The topological polar surface area (TPSA) is 131 Å². The van der Waals surface area contributed by atoms with Crippen molar-refractivity contribution in [2.24, 2.45) is 5.92 Å². The summed E-state index contributed by atoms with van der Waals surface area (Å²) in [5.41, 5.74) is 0.732. The molecule has 2 aliphatic heterocycles. The molecule has 42 heavy (non-hydrogen) atoms. The maximum atomic E-state index is 13.5. The van der Waals surface area contributed by atoms with Crippen LogP contribution < -0.4 is 15.4 Å². The van der Waals surface area contributed by atoms with Crippen LogP contribution in [-0.2, 0) is 16.1 Å². The van der Waals surface area contributed by atoms with E-state index >= 15 is 0 Å². The molecule has 0 aliphatic carbocycles. The Kier molecular flexibility index (Phi) is 10.6. The largest absolute Gasteiger partial charge is 0.457 e. The molecule has 0 aromatic heterocycles. The van der Waals surface area contributed by atoms with Crippen LogP contribution in [0, 0.1) is 5.92 Å². The van der Waals surface area contributed by atoms with E-state index in [1.54, 1.807) is 29.2 Å². The number of hydrogen-bond donors (Lipinski definition) is 4. The van der Waals surface area contributed by atoms with Crippen LogP contribution in [0.15, 0.2) is 48.5 Å². The van der Waals surface area contributed by atoms with Crippen LogP contribution in [0.5, 0.6) is 11.5 Å². The number of aliphatic hydroxyl groups excluding tert-OH is 2. The van der Waals surface area contributed by atoms with E-state index < -0.39 is 17.7 Å². The van der Waals surface area contributed by atoms with E-state index in [0.717, 1.165) is 18.4 Å². The number of nitrogens with zero attached hydrogens (tertiary/aromatic N) is 2. The van der Waals surface area contributed by atoms with Crippen LogP contribution in [0.4, 0.5) is 0 Å². The van der Waals surface area contributed by atoms with Crippen molar-refractivity contribution in [3.63, 3.8) is 0 Å². The lowest BCUT2D eigenvalue weighted by molar-refractivity contribution is -0.165. The number of rotatable bonds is 12. The molecule has 0 radical (unpaired) electrons. The standard InChI is InChI=1S/C32H44N4O6/c1-4-5-17-36-30(40)27(28(38)22(2)3)34-31(41)32(36)14-18-35(19-15-32)21-23-6-10-25(11-7-23)42-26-12-8-24(9-13-26)29(39)33-16-20-37/h6-13,22,27-28,37-38H,4-5,14-21H2,1-3H3,(H,33,39)(H,34,41). The lowest BCUT2D eigenvalue weighted by atomic mass is 9.80. The van der Waals surface area contributed by atoms with Gasteiger partial charge in [0.05, 0.1) is 12.7 Å². The molecular weight excluding hydrogens is 536 g/mol. The summed E-state index contributed by atoms with van der Waals surface area (Å²) in [7, 11) is 0. The van der Waals surface area contributed by atoms with Crippen LogP contribution in [0.2, 0.25) is 0 Å². The van der Waals surface area contributed by atoms with E-state index in [4.69, 9.17) is 9.84 Å². The van der Waals surface area contributed by atoms with Crippen molar-refractivity contribution in [2.45, 2.75) is 70.7 Å². The van der Waals surface area contributed by atoms with Gasteiger partial charge in [0, 0.05) is 38.3 Å². The number of likely N-dealkylation sites (tertiary alicyclic amines) is 1. The Balaban J connectivity index is 1.34. The Bertz CT molecular complexity index is 1210. The maximum Gasteiger partial charge on any atom is 0.251 e. The van der Waals surface area contributed by atoms with Crippen molar-refractivity contribution in [1.29, 1.82) is 0 Å². The second-order valence-electron chi connectivity index (χ2n) is 11.6. The average Bonchev–Trinajstić information content (AvgIpc) is 2.99. The number of carbonyl (C=O) groups is 3. The van der Waals surface area contributed by atoms with Crippen LogP contribution in [-0.4, -0.2) is 88.2 Å². The lowest BCUT2D eigenvalue weighted by Gasteiger charge is -2.52. The van der Waals surface area contributed by atoms with E-state index in [0.29, 0.717) is 56.1 Å². The second-order valence-corrected chi connectivity index (χ2v) is 11.6. The fraction of sp³-hybridized carbons (Fsp3) is 0.531. The van der Waals surface area contributed by atoms with Crippen molar-refractivity contribution in [3.05, 3.63) is 59.7 Å². The first-order chi connectivity index (χ1) is 20.2. The molecule has 10 heteroatoms. The number of hydrogen-bond acceptors (Lipinski definition) is 7. The third-order valence-corrected chi connectivity index (χ3v) is 8.28. The van der Waals surface area contributed by atoms with Crippen LogP contribution >= 0.6 is 0 Å². The molecule has 0 bridgehead atoms. The molecule has 1 spiro atoms. The number of ether oxygens (including phenoxy) is 1. The van der Waals surface area contributed by atoms with Crippen molar-refractivity contribution in [3.8, 4) is 11.5 Å². The van der Waals surface area contributed by atoms with E-state index in [1.165, 1.54) is 0 Å². The van der Waals surface area contributed by atoms with Crippen molar-refractivity contribution < 1.29 is 29.3 Å². The molecule has 2 aliphatic rings. The summed E-state index contributed by atoms with van der Waals surface area (Å²) >= 11 is 0. The van der Waals surface area contributed by atoms with E-state index in [-0.39, 0.29) is 36.8 Å². The van der Waals surface area contributed by atoms with Gasteiger partial charge in [-0.2, -0.15) is 0 Å². The molecule has 4 N–H and O–H groups in total. The van der Waals surface area contributed by atoms with Gasteiger partial charge < -0.3 is 30.5 Å². The number of piperazine rings is 1. The molecule has 2 atom stereocenters. The Labute approximate surface area is 248 Å². The quantitative estimate of drug-likeness (QED) is 0.304. The van der Waals surface area contributed by atoms with Gasteiger partial charge in [-0.1, -0.05) is 39.3 Å². The predicted molar refractivity (Wildman–Crippen MR) is 159 cm³/mol. The van der Waals surface area contributed by atoms with Crippen molar-refractivity contribution in [1.82, 2.24) is 20.4 Å². The minimum atomic E-state index is -0.918. The fourth-order valence-corrected chi connectivity index (χ4v) is 5.68. The number of carbonyl (C=O) groups excluding carboxylic acids is 3. The summed E-state index contributed by atoms with van der Waals surface area (Å²) in [6, 6.07) is 13.8. The Morgan fingerprint density at radius 3 is 2.26 bits per heavy atom. The monoisotopic (exact) mass is 580 g/mol. The van der Waals surface area contributed by atoms with Crippen molar-refractivity contribution >= 4 is 17.7 Å². The first-order valence-electron chi connectivity index (χ1n) is 15.0. The summed E-state index contributed by atoms with van der Waals surface area (Å²) in [4.78, 5) is 43.1. The first-order valence-corrected chi connectivity index (χ1v) is 15.0. The maximum absolute atomic E-state index is 13.5. The average molecular weight is 581 g/mol. The SMILES string of the molecule is CCCCN1C(=O)C(C(O)C(C)C)NC(=O)C12CCN(Cc1ccc(Oc3ccc(C(=O)NCCO)cc3)cc1)CC2. The van der Waals surface area contributed by atoms with Crippen molar-refractivity contribution in [2.75, 3.05) is 32.8 Å². The highest BCUT2D eigenvalue weighted by molar-refractivity contribution is 6.00. The van der Waals surface area contributed by atoms with Crippen LogP contribution in [0.3, 0.4) is 0 Å². The zero-order chi connectivity index (χ0) is 30.3. The number of benzene rings is 2.